The number of aromatic nitrogens is 6. The molecule has 1 aromatic carbocycles. The van der Waals surface area contributed by atoms with Crippen molar-refractivity contribution in [1.29, 1.82) is 0 Å². The van der Waals surface area contributed by atoms with Crippen molar-refractivity contribution in [3.63, 3.8) is 0 Å². The van der Waals surface area contributed by atoms with Crippen LogP contribution in [0.4, 0.5) is 16.6 Å². The van der Waals surface area contributed by atoms with Crippen LogP contribution in [0.1, 0.15) is 72.6 Å². The zero-order valence-electron chi connectivity index (χ0n) is 24.8. The number of ether oxygens (including phenoxy) is 2. The second-order valence-electron chi connectivity index (χ2n) is 12.6. The fraction of sp³-hybridized carbons (Fsp3) is 0.552. The van der Waals surface area contributed by atoms with Crippen molar-refractivity contribution in [1.82, 2.24) is 34.4 Å². The van der Waals surface area contributed by atoms with E-state index in [2.05, 4.69) is 63.1 Å². The van der Waals surface area contributed by atoms with E-state index in [9.17, 15) is 4.79 Å². The molecule has 2 unspecified atom stereocenters. The summed E-state index contributed by atoms with van der Waals surface area (Å²) in [6.45, 7) is 13.8. The lowest BCUT2D eigenvalue weighted by atomic mass is 9.87. The first-order valence-corrected chi connectivity index (χ1v) is 14.2. The molecule has 12 heteroatoms. The van der Waals surface area contributed by atoms with Gasteiger partial charge in [-0.25, -0.2) is 24.7 Å². The number of rotatable bonds is 8. The van der Waals surface area contributed by atoms with Crippen LogP contribution in [0.2, 0.25) is 0 Å². The Morgan fingerprint density at radius 2 is 2.00 bits per heavy atom. The summed E-state index contributed by atoms with van der Waals surface area (Å²) >= 11 is 0. The number of carbonyl (C=O) groups is 1. The molecule has 4 N–H and O–H groups in total. The fourth-order valence-corrected chi connectivity index (χ4v) is 4.97. The number of nitrogens with zero attached hydrogens (tertiary/aromatic N) is 6. The van der Waals surface area contributed by atoms with Crippen LogP contribution < -0.4 is 11.1 Å². The molecule has 220 valence electrons. The summed E-state index contributed by atoms with van der Waals surface area (Å²) < 4.78 is 14.0. The number of hydrogen-bond acceptors (Lipinski definition) is 9. The van der Waals surface area contributed by atoms with Crippen molar-refractivity contribution in [2.45, 2.75) is 84.2 Å². The molecule has 0 aliphatic carbocycles. The summed E-state index contributed by atoms with van der Waals surface area (Å²) in [5.74, 6) is 1.05. The number of H-pyrrole nitrogens is 1. The molecule has 0 radical (unpaired) electrons. The van der Waals surface area contributed by atoms with E-state index in [1.807, 2.05) is 31.4 Å². The number of benzene rings is 1. The Morgan fingerprint density at radius 1 is 1.20 bits per heavy atom. The number of nitrogens with one attached hydrogen (secondary N) is 2. The van der Waals surface area contributed by atoms with Crippen LogP contribution in [-0.4, -0.2) is 71.8 Å². The van der Waals surface area contributed by atoms with Gasteiger partial charge in [0.25, 0.3) is 0 Å². The molecule has 1 saturated heterocycles. The Labute approximate surface area is 240 Å². The van der Waals surface area contributed by atoms with Crippen molar-refractivity contribution in [2.75, 3.05) is 30.7 Å². The van der Waals surface area contributed by atoms with Gasteiger partial charge in [0.2, 0.25) is 5.95 Å². The number of amides is 1. The molecule has 0 saturated carbocycles. The predicted octanol–water partition coefficient (Wildman–Crippen LogP) is 5.00. The smallest absolute Gasteiger partial charge is 0.410 e. The minimum absolute atomic E-state index is 0.0655. The van der Waals surface area contributed by atoms with Gasteiger partial charge in [0.05, 0.1) is 30.0 Å². The van der Waals surface area contributed by atoms with Gasteiger partial charge < -0.3 is 30.4 Å². The van der Waals surface area contributed by atoms with Crippen LogP contribution in [0.25, 0.3) is 22.2 Å². The largest absolute Gasteiger partial charge is 0.444 e. The predicted molar refractivity (Wildman–Crippen MR) is 159 cm³/mol. The molecule has 0 spiro atoms. The highest BCUT2D eigenvalue weighted by atomic mass is 16.6. The fourth-order valence-electron chi connectivity index (χ4n) is 4.97. The van der Waals surface area contributed by atoms with E-state index >= 15 is 0 Å². The van der Waals surface area contributed by atoms with Crippen molar-refractivity contribution in [3.8, 4) is 0 Å². The van der Waals surface area contributed by atoms with Crippen molar-refractivity contribution < 1.29 is 14.3 Å². The first kappa shape index (κ1) is 28.6. The van der Waals surface area contributed by atoms with E-state index in [4.69, 9.17) is 15.2 Å². The Hall–Kier alpha value is -3.93. The second kappa shape index (κ2) is 11.2. The van der Waals surface area contributed by atoms with E-state index in [1.54, 1.807) is 11.2 Å². The van der Waals surface area contributed by atoms with E-state index in [-0.39, 0.29) is 23.8 Å². The highest BCUT2D eigenvalue weighted by Crippen LogP contribution is 2.32. The number of anilines is 2. The van der Waals surface area contributed by atoms with Crippen LogP contribution in [0, 0.1) is 0 Å². The average molecular weight is 564 g/mol. The summed E-state index contributed by atoms with van der Waals surface area (Å²) in [4.78, 5) is 35.6. The van der Waals surface area contributed by atoms with Crippen LogP contribution in [0.5, 0.6) is 0 Å². The highest BCUT2D eigenvalue weighted by Gasteiger charge is 2.32. The molecule has 41 heavy (non-hydrogen) atoms. The molecule has 12 nitrogen and oxygen atoms in total. The Balaban J connectivity index is 1.19. The van der Waals surface area contributed by atoms with Gasteiger partial charge >= 0.3 is 6.09 Å². The third kappa shape index (κ3) is 6.70. The zero-order valence-corrected chi connectivity index (χ0v) is 24.8. The Morgan fingerprint density at radius 3 is 2.76 bits per heavy atom. The normalized spacial score (nSPS) is 17.8. The molecule has 4 aromatic rings. The Bertz CT molecular complexity index is 1520. The number of nitrogens with two attached hydrogens (primary N) is 1. The van der Waals surface area contributed by atoms with E-state index < -0.39 is 5.60 Å². The topological polar surface area (TPSA) is 149 Å². The maximum Gasteiger partial charge on any atom is 0.410 e. The molecule has 1 fully saturated rings. The van der Waals surface area contributed by atoms with Crippen LogP contribution >= 0.6 is 0 Å². The molecule has 2 atom stereocenters. The van der Waals surface area contributed by atoms with E-state index in [0.717, 1.165) is 23.9 Å². The Kier molecular flexibility index (Phi) is 7.78. The first-order chi connectivity index (χ1) is 19.4. The maximum atomic E-state index is 13.1. The van der Waals surface area contributed by atoms with E-state index in [1.165, 1.54) is 11.9 Å². The van der Waals surface area contributed by atoms with Gasteiger partial charge in [-0.05, 0) is 63.1 Å². The van der Waals surface area contributed by atoms with E-state index in [0.29, 0.717) is 49.0 Å². The standard InChI is InChI=1S/C29H41N9O3/c1-28(2,3)18-8-10-20-21(14-18)36-26(35-20)31-12-7-13-37(27(39)41-29(4,5)6)15-19-9-11-22(40-19)38-17-34-23-24(30)32-16-33-25(23)38/h8,10,14,16-17,19,22H,7,9,11-13,15H2,1-6H3,(H2,30,32,33)(H2,31,35,36). The molecule has 4 heterocycles. The minimum Gasteiger partial charge on any atom is -0.444 e. The number of hydrogen-bond donors (Lipinski definition) is 3. The molecule has 5 rings (SSSR count). The third-order valence-electron chi connectivity index (χ3n) is 7.10. The molecule has 1 amide bonds. The average Bonchev–Trinajstić information content (AvgIpc) is 3.62. The highest BCUT2D eigenvalue weighted by molar-refractivity contribution is 5.81. The number of fused-ring (bicyclic) bond motifs is 2. The van der Waals surface area contributed by atoms with Gasteiger partial charge in [-0.3, -0.25) is 4.57 Å². The van der Waals surface area contributed by atoms with Gasteiger partial charge in [0, 0.05) is 13.1 Å². The molecule has 3 aromatic heterocycles. The third-order valence-corrected chi connectivity index (χ3v) is 7.10. The quantitative estimate of drug-likeness (QED) is 0.252. The first-order valence-electron chi connectivity index (χ1n) is 14.2. The van der Waals surface area contributed by atoms with Gasteiger partial charge in [0.15, 0.2) is 11.5 Å². The zero-order chi connectivity index (χ0) is 29.4. The van der Waals surface area contributed by atoms with Crippen LogP contribution in [0.3, 0.4) is 0 Å². The molecular formula is C29H41N9O3. The van der Waals surface area contributed by atoms with Crippen LogP contribution in [0.15, 0.2) is 30.9 Å². The summed E-state index contributed by atoms with van der Waals surface area (Å²) in [7, 11) is 0. The molecular weight excluding hydrogens is 522 g/mol. The molecule has 0 bridgehead atoms. The minimum atomic E-state index is -0.595. The summed E-state index contributed by atoms with van der Waals surface area (Å²) in [5.41, 5.74) is 9.78. The van der Waals surface area contributed by atoms with Gasteiger partial charge in [-0.1, -0.05) is 26.8 Å². The lowest BCUT2D eigenvalue weighted by Crippen LogP contribution is -2.42. The summed E-state index contributed by atoms with van der Waals surface area (Å²) in [6.07, 6.45) is 4.64. The van der Waals surface area contributed by atoms with Crippen molar-refractivity contribution >= 4 is 40.1 Å². The number of imidazole rings is 2. The lowest BCUT2D eigenvalue weighted by Gasteiger charge is -2.29. The van der Waals surface area contributed by atoms with Gasteiger partial charge in [-0.15, -0.1) is 0 Å². The summed E-state index contributed by atoms with van der Waals surface area (Å²) in [6, 6.07) is 6.33. The number of aromatic amines is 1. The number of nitrogen functional groups attached to an aromatic ring is 1. The van der Waals surface area contributed by atoms with Crippen molar-refractivity contribution in [3.05, 3.63) is 36.4 Å². The SMILES string of the molecule is CC(C)(C)OC(=O)N(CCCNc1nc2ccc(C(C)(C)C)cc2[nH]1)CC1CCC(n2cnc3c(N)ncnc32)O1. The van der Waals surface area contributed by atoms with Crippen LogP contribution in [-0.2, 0) is 14.9 Å². The monoisotopic (exact) mass is 563 g/mol. The van der Waals surface area contributed by atoms with Gasteiger partial charge in [0.1, 0.15) is 23.7 Å². The maximum absolute atomic E-state index is 13.1. The molecule has 1 aliphatic rings. The molecule has 1 aliphatic heterocycles. The van der Waals surface area contributed by atoms with Crippen molar-refractivity contribution in [2.24, 2.45) is 0 Å². The van der Waals surface area contributed by atoms with Gasteiger partial charge in [-0.2, -0.15) is 0 Å². The number of carbonyl (C=O) groups excluding carboxylic acids is 1. The summed E-state index contributed by atoms with van der Waals surface area (Å²) in [5, 5.41) is 3.37. The lowest BCUT2D eigenvalue weighted by molar-refractivity contribution is -0.0217. The second-order valence-corrected chi connectivity index (χ2v) is 12.6.